The molecule has 0 aliphatic rings. The van der Waals surface area contributed by atoms with Gasteiger partial charge in [0.2, 0.25) is 0 Å². The van der Waals surface area contributed by atoms with Gasteiger partial charge in [-0.2, -0.15) is 0 Å². The number of rotatable bonds is 4. The number of pyridine rings is 1. The van der Waals surface area contributed by atoms with E-state index in [1.165, 1.54) is 5.56 Å². The summed E-state index contributed by atoms with van der Waals surface area (Å²) >= 11 is 0. The summed E-state index contributed by atoms with van der Waals surface area (Å²) in [4.78, 5) is 4.04. The standard InChI is InChI=1S/C10H16N2.ClH/c1-9(2)6-12-8-10-4-3-5-11-7-10;/h3-5,7,9,12H,6,8H2,1-2H3;1H. The van der Waals surface area contributed by atoms with E-state index < -0.39 is 0 Å². The van der Waals surface area contributed by atoms with Gasteiger partial charge in [-0.05, 0) is 24.1 Å². The second kappa shape index (κ2) is 6.87. The van der Waals surface area contributed by atoms with Gasteiger partial charge in [0, 0.05) is 18.9 Å². The topological polar surface area (TPSA) is 24.9 Å². The van der Waals surface area contributed by atoms with Gasteiger partial charge in [-0.25, -0.2) is 0 Å². The highest BCUT2D eigenvalue weighted by Gasteiger charge is 1.93. The molecule has 0 aromatic carbocycles. The van der Waals surface area contributed by atoms with Crippen LogP contribution in [-0.4, -0.2) is 11.5 Å². The number of aromatic nitrogens is 1. The van der Waals surface area contributed by atoms with Gasteiger partial charge in [0.15, 0.2) is 0 Å². The molecule has 74 valence electrons. The molecule has 0 atom stereocenters. The number of hydrogen-bond donors (Lipinski definition) is 1. The van der Waals surface area contributed by atoms with Crippen LogP contribution < -0.4 is 5.32 Å². The van der Waals surface area contributed by atoms with E-state index >= 15 is 0 Å². The first-order valence-electron chi connectivity index (χ1n) is 4.38. The quantitative estimate of drug-likeness (QED) is 0.807. The molecule has 0 saturated heterocycles. The maximum atomic E-state index is 4.04. The second-order valence-corrected chi connectivity index (χ2v) is 3.39. The van der Waals surface area contributed by atoms with E-state index in [1.54, 1.807) is 6.20 Å². The van der Waals surface area contributed by atoms with Crippen molar-refractivity contribution >= 4 is 12.4 Å². The van der Waals surface area contributed by atoms with Gasteiger partial charge in [0.1, 0.15) is 0 Å². The van der Waals surface area contributed by atoms with Gasteiger partial charge in [-0.15, -0.1) is 12.4 Å². The molecule has 0 radical (unpaired) electrons. The van der Waals surface area contributed by atoms with E-state index in [4.69, 9.17) is 0 Å². The zero-order chi connectivity index (χ0) is 8.81. The van der Waals surface area contributed by atoms with Gasteiger partial charge < -0.3 is 5.32 Å². The second-order valence-electron chi connectivity index (χ2n) is 3.39. The summed E-state index contributed by atoms with van der Waals surface area (Å²) in [6, 6.07) is 4.05. The molecule has 0 unspecified atom stereocenters. The fourth-order valence-corrected chi connectivity index (χ4v) is 1.01. The minimum Gasteiger partial charge on any atom is -0.312 e. The van der Waals surface area contributed by atoms with Crippen LogP contribution in [0.3, 0.4) is 0 Å². The molecule has 1 aromatic heterocycles. The minimum absolute atomic E-state index is 0. The number of nitrogens with zero attached hydrogens (tertiary/aromatic N) is 1. The summed E-state index contributed by atoms with van der Waals surface area (Å²) in [6.07, 6.45) is 3.69. The lowest BCUT2D eigenvalue weighted by atomic mass is 10.2. The fraction of sp³-hybridized carbons (Fsp3) is 0.500. The molecular weight excluding hydrogens is 184 g/mol. The highest BCUT2D eigenvalue weighted by atomic mass is 35.5. The minimum atomic E-state index is 0. The van der Waals surface area contributed by atoms with Crippen molar-refractivity contribution in [2.75, 3.05) is 6.54 Å². The Bertz CT molecular complexity index is 211. The molecule has 1 heterocycles. The predicted molar refractivity (Wildman–Crippen MR) is 58.0 cm³/mol. The van der Waals surface area contributed by atoms with Crippen molar-refractivity contribution in [2.45, 2.75) is 20.4 Å². The monoisotopic (exact) mass is 200 g/mol. The molecule has 0 spiro atoms. The van der Waals surface area contributed by atoms with Crippen LogP contribution in [-0.2, 0) is 6.54 Å². The van der Waals surface area contributed by atoms with Gasteiger partial charge in [0.25, 0.3) is 0 Å². The van der Waals surface area contributed by atoms with Crippen molar-refractivity contribution in [2.24, 2.45) is 5.92 Å². The van der Waals surface area contributed by atoms with Crippen LogP contribution in [0.1, 0.15) is 19.4 Å². The van der Waals surface area contributed by atoms with Gasteiger partial charge in [-0.1, -0.05) is 19.9 Å². The van der Waals surface area contributed by atoms with E-state index in [1.807, 2.05) is 12.3 Å². The zero-order valence-electron chi connectivity index (χ0n) is 8.16. The van der Waals surface area contributed by atoms with Crippen molar-refractivity contribution in [3.05, 3.63) is 30.1 Å². The molecule has 1 N–H and O–H groups in total. The molecule has 0 saturated carbocycles. The molecule has 0 fully saturated rings. The molecule has 13 heavy (non-hydrogen) atoms. The molecule has 0 bridgehead atoms. The Morgan fingerprint density at radius 1 is 1.46 bits per heavy atom. The average molecular weight is 201 g/mol. The largest absolute Gasteiger partial charge is 0.312 e. The lowest BCUT2D eigenvalue weighted by molar-refractivity contribution is 0.552. The summed E-state index contributed by atoms with van der Waals surface area (Å²) in [5.41, 5.74) is 1.25. The van der Waals surface area contributed by atoms with E-state index in [0.717, 1.165) is 13.1 Å². The van der Waals surface area contributed by atoms with Gasteiger partial charge in [0.05, 0.1) is 0 Å². The molecule has 3 heteroatoms. The smallest absolute Gasteiger partial charge is 0.0312 e. The Kier molecular flexibility index (Phi) is 6.55. The van der Waals surface area contributed by atoms with Crippen molar-refractivity contribution < 1.29 is 0 Å². The molecule has 0 aliphatic heterocycles. The third-order valence-electron chi connectivity index (χ3n) is 1.60. The Hall–Kier alpha value is -0.600. The third-order valence-corrected chi connectivity index (χ3v) is 1.60. The lowest BCUT2D eigenvalue weighted by Gasteiger charge is -2.06. The maximum absolute atomic E-state index is 4.04. The number of hydrogen-bond acceptors (Lipinski definition) is 2. The lowest BCUT2D eigenvalue weighted by Crippen LogP contribution is -2.18. The van der Waals surface area contributed by atoms with Crippen molar-refractivity contribution in [1.29, 1.82) is 0 Å². The first kappa shape index (κ1) is 12.4. The normalized spacial score (nSPS) is 9.77. The Labute approximate surface area is 86.2 Å². The fourth-order valence-electron chi connectivity index (χ4n) is 1.01. The van der Waals surface area contributed by atoms with Gasteiger partial charge >= 0.3 is 0 Å². The van der Waals surface area contributed by atoms with E-state index in [0.29, 0.717) is 5.92 Å². The van der Waals surface area contributed by atoms with Crippen molar-refractivity contribution in [1.82, 2.24) is 10.3 Å². The van der Waals surface area contributed by atoms with Crippen LogP contribution in [0, 0.1) is 5.92 Å². The molecule has 0 amide bonds. The summed E-state index contributed by atoms with van der Waals surface area (Å²) in [5, 5.41) is 3.36. The Morgan fingerprint density at radius 3 is 2.77 bits per heavy atom. The van der Waals surface area contributed by atoms with Crippen LogP contribution in [0.4, 0.5) is 0 Å². The molecule has 2 nitrogen and oxygen atoms in total. The number of halogens is 1. The first-order chi connectivity index (χ1) is 5.79. The van der Waals surface area contributed by atoms with Crippen LogP contribution in [0.2, 0.25) is 0 Å². The predicted octanol–water partition coefficient (Wildman–Crippen LogP) is 2.25. The van der Waals surface area contributed by atoms with E-state index in [9.17, 15) is 0 Å². The summed E-state index contributed by atoms with van der Waals surface area (Å²) in [7, 11) is 0. The van der Waals surface area contributed by atoms with Crippen molar-refractivity contribution in [3.63, 3.8) is 0 Å². The summed E-state index contributed by atoms with van der Waals surface area (Å²) in [6.45, 7) is 6.40. The first-order valence-corrected chi connectivity index (χ1v) is 4.38. The Balaban J connectivity index is 0.00000144. The third kappa shape index (κ3) is 5.61. The maximum Gasteiger partial charge on any atom is 0.0312 e. The van der Waals surface area contributed by atoms with Crippen LogP contribution in [0.5, 0.6) is 0 Å². The molecular formula is C10H17ClN2. The highest BCUT2D eigenvalue weighted by Crippen LogP contribution is 1.95. The van der Waals surface area contributed by atoms with Crippen molar-refractivity contribution in [3.8, 4) is 0 Å². The molecule has 0 aliphatic carbocycles. The van der Waals surface area contributed by atoms with E-state index in [2.05, 4.69) is 30.2 Å². The zero-order valence-corrected chi connectivity index (χ0v) is 8.97. The summed E-state index contributed by atoms with van der Waals surface area (Å²) in [5.74, 6) is 0.710. The SMILES string of the molecule is CC(C)CNCc1cccnc1.Cl. The average Bonchev–Trinajstić information content (AvgIpc) is 2.05. The number of nitrogens with one attached hydrogen (secondary N) is 1. The molecule has 1 rings (SSSR count). The van der Waals surface area contributed by atoms with E-state index in [-0.39, 0.29) is 12.4 Å². The summed E-state index contributed by atoms with van der Waals surface area (Å²) < 4.78 is 0. The Morgan fingerprint density at radius 2 is 2.23 bits per heavy atom. The highest BCUT2D eigenvalue weighted by molar-refractivity contribution is 5.85. The van der Waals surface area contributed by atoms with Crippen LogP contribution in [0.15, 0.2) is 24.5 Å². The van der Waals surface area contributed by atoms with Crippen LogP contribution >= 0.6 is 12.4 Å². The molecule has 1 aromatic rings. The van der Waals surface area contributed by atoms with Gasteiger partial charge in [-0.3, -0.25) is 4.98 Å². The van der Waals surface area contributed by atoms with Crippen LogP contribution in [0.25, 0.3) is 0 Å².